The molecule has 21 heavy (non-hydrogen) atoms. The molecule has 3 heteroatoms. The van der Waals surface area contributed by atoms with Gasteiger partial charge in [-0.25, -0.2) is 0 Å². The first-order chi connectivity index (χ1) is 10.1. The fourth-order valence-electron chi connectivity index (χ4n) is 2.64. The van der Waals surface area contributed by atoms with Crippen molar-refractivity contribution >= 4 is 0 Å². The summed E-state index contributed by atoms with van der Waals surface area (Å²) in [4.78, 5) is 4.75. The number of hydrogen-bond acceptors (Lipinski definition) is 3. The SMILES string of the molecule is CC.CC.CC1CCCN(C)C1.COC1CCN(C)CC1. The van der Waals surface area contributed by atoms with E-state index in [9.17, 15) is 0 Å². The van der Waals surface area contributed by atoms with Crippen molar-refractivity contribution in [3.63, 3.8) is 0 Å². The van der Waals surface area contributed by atoms with Gasteiger partial charge in [-0.3, -0.25) is 0 Å². The van der Waals surface area contributed by atoms with Crippen LogP contribution in [0.25, 0.3) is 0 Å². The lowest BCUT2D eigenvalue weighted by Gasteiger charge is -2.27. The fourth-order valence-corrected chi connectivity index (χ4v) is 2.64. The van der Waals surface area contributed by atoms with E-state index in [1.165, 1.54) is 51.9 Å². The van der Waals surface area contributed by atoms with Gasteiger partial charge in [0.05, 0.1) is 6.10 Å². The van der Waals surface area contributed by atoms with Gasteiger partial charge in [0.25, 0.3) is 0 Å². The molecule has 0 radical (unpaired) electrons. The van der Waals surface area contributed by atoms with Gasteiger partial charge >= 0.3 is 0 Å². The van der Waals surface area contributed by atoms with Crippen LogP contribution >= 0.6 is 0 Å². The molecule has 1 atom stereocenters. The molecule has 0 aliphatic carbocycles. The highest BCUT2D eigenvalue weighted by Crippen LogP contribution is 2.12. The van der Waals surface area contributed by atoms with Gasteiger partial charge in [0, 0.05) is 26.7 Å². The summed E-state index contributed by atoms with van der Waals surface area (Å²) < 4.78 is 5.21. The highest BCUT2D eigenvalue weighted by molar-refractivity contribution is 4.68. The average Bonchev–Trinajstić information content (AvgIpc) is 2.52. The molecular weight excluding hydrogens is 260 g/mol. The molecular formula is C18H42N2O. The Morgan fingerprint density at radius 3 is 1.67 bits per heavy atom. The molecule has 1 unspecified atom stereocenters. The Balaban J connectivity index is 0. The molecule has 0 amide bonds. The number of ether oxygens (including phenoxy) is 1. The third kappa shape index (κ3) is 13.3. The van der Waals surface area contributed by atoms with Crippen LogP contribution in [0.5, 0.6) is 0 Å². The molecule has 0 aromatic heterocycles. The smallest absolute Gasteiger partial charge is 0.0595 e. The van der Waals surface area contributed by atoms with Crippen LogP contribution in [0.4, 0.5) is 0 Å². The van der Waals surface area contributed by atoms with Crippen molar-refractivity contribution in [3.05, 3.63) is 0 Å². The van der Waals surface area contributed by atoms with E-state index in [0.29, 0.717) is 6.10 Å². The number of rotatable bonds is 1. The first-order valence-electron chi connectivity index (χ1n) is 9.01. The quantitative estimate of drug-likeness (QED) is 0.724. The monoisotopic (exact) mass is 302 g/mol. The van der Waals surface area contributed by atoms with Crippen LogP contribution in [0, 0.1) is 5.92 Å². The summed E-state index contributed by atoms with van der Waals surface area (Å²) in [5, 5.41) is 0. The molecule has 0 saturated carbocycles. The summed E-state index contributed by atoms with van der Waals surface area (Å²) >= 11 is 0. The predicted molar refractivity (Wildman–Crippen MR) is 96.1 cm³/mol. The van der Waals surface area contributed by atoms with E-state index in [1.54, 1.807) is 7.11 Å². The van der Waals surface area contributed by atoms with E-state index < -0.39 is 0 Å². The number of methoxy groups -OCH3 is 1. The minimum atomic E-state index is 0.529. The summed E-state index contributed by atoms with van der Waals surface area (Å²) in [7, 11) is 6.16. The molecule has 0 bridgehead atoms. The van der Waals surface area contributed by atoms with Gasteiger partial charge in [0.2, 0.25) is 0 Å². The maximum atomic E-state index is 5.21. The lowest BCUT2D eigenvalue weighted by atomic mass is 10.0. The molecule has 130 valence electrons. The predicted octanol–water partition coefficient (Wildman–Crippen LogP) is 4.13. The highest BCUT2D eigenvalue weighted by atomic mass is 16.5. The molecule has 3 nitrogen and oxygen atoms in total. The molecule has 0 aromatic rings. The second-order valence-corrected chi connectivity index (χ2v) is 5.75. The number of piperidine rings is 2. The van der Waals surface area contributed by atoms with Crippen molar-refractivity contribution in [1.29, 1.82) is 0 Å². The van der Waals surface area contributed by atoms with E-state index in [1.807, 2.05) is 27.7 Å². The standard InChI is InChI=1S/C7H15NO.C7H15N.2C2H6/c1-8-5-3-7(9-2)4-6-8;1-7-4-3-5-8(2)6-7;2*1-2/h7H,3-6H2,1-2H3;7H,3-6H2,1-2H3;2*1-2H3. The van der Waals surface area contributed by atoms with Gasteiger partial charge in [0.1, 0.15) is 0 Å². The Kier molecular flexibility index (Phi) is 17.9. The van der Waals surface area contributed by atoms with Gasteiger partial charge in [-0.05, 0) is 52.2 Å². The first kappa shape index (κ1) is 23.2. The number of likely N-dealkylation sites (tertiary alicyclic amines) is 2. The third-order valence-electron chi connectivity index (χ3n) is 3.86. The van der Waals surface area contributed by atoms with Crippen LogP contribution in [0.15, 0.2) is 0 Å². The fraction of sp³-hybridized carbons (Fsp3) is 1.00. The minimum absolute atomic E-state index is 0.529. The second-order valence-electron chi connectivity index (χ2n) is 5.75. The average molecular weight is 303 g/mol. The lowest BCUT2D eigenvalue weighted by molar-refractivity contribution is 0.0484. The van der Waals surface area contributed by atoms with Crippen molar-refractivity contribution < 1.29 is 4.74 Å². The summed E-state index contributed by atoms with van der Waals surface area (Å²) in [6.45, 7) is 15.3. The van der Waals surface area contributed by atoms with Crippen LogP contribution in [0.1, 0.15) is 60.3 Å². The minimum Gasteiger partial charge on any atom is -0.381 e. The van der Waals surface area contributed by atoms with Crippen LogP contribution < -0.4 is 0 Å². The molecule has 0 aromatic carbocycles. The van der Waals surface area contributed by atoms with E-state index in [-0.39, 0.29) is 0 Å². The second kappa shape index (κ2) is 16.3. The van der Waals surface area contributed by atoms with E-state index in [0.717, 1.165) is 5.92 Å². The van der Waals surface area contributed by atoms with Gasteiger partial charge in [-0.2, -0.15) is 0 Å². The van der Waals surface area contributed by atoms with Crippen molar-refractivity contribution in [2.24, 2.45) is 5.92 Å². The van der Waals surface area contributed by atoms with Crippen LogP contribution in [0.3, 0.4) is 0 Å². The Hall–Kier alpha value is -0.120. The zero-order chi connectivity index (χ0) is 16.7. The van der Waals surface area contributed by atoms with Gasteiger partial charge in [-0.1, -0.05) is 34.6 Å². The largest absolute Gasteiger partial charge is 0.381 e. The zero-order valence-electron chi connectivity index (χ0n) is 16.1. The molecule has 0 N–H and O–H groups in total. The van der Waals surface area contributed by atoms with Gasteiger partial charge < -0.3 is 14.5 Å². The van der Waals surface area contributed by atoms with Crippen LogP contribution in [-0.4, -0.2) is 63.3 Å². The maximum Gasteiger partial charge on any atom is 0.0595 e. The Morgan fingerprint density at radius 2 is 1.33 bits per heavy atom. The van der Waals surface area contributed by atoms with Crippen LogP contribution in [0.2, 0.25) is 0 Å². The molecule has 2 rings (SSSR count). The van der Waals surface area contributed by atoms with E-state index >= 15 is 0 Å². The molecule has 2 aliphatic heterocycles. The summed E-state index contributed by atoms with van der Waals surface area (Å²) in [6.07, 6.45) is 5.77. The number of hydrogen-bond donors (Lipinski definition) is 0. The van der Waals surface area contributed by atoms with E-state index in [4.69, 9.17) is 4.74 Å². The molecule has 2 fully saturated rings. The summed E-state index contributed by atoms with van der Waals surface area (Å²) in [5.41, 5.74) is 0. The van der Waals surface area contributed by atoms with Crippen LogP contribution in [-0.2, 0) is 4.74 Å². The van der Waals surface area contributed by atoms with Crippen molar-refractivity contribution in [3.8, 4) is 0 Å². The first-order valence-corrected chi connectivity index (χ1v) is 9.01. The van der Waals surface area contributed by atoms with Gasteiger partial charge in [0.15, 0.2) is 0 Å². The highest BCUT2D eigenvalue weighted by Gasteiger charge is 2.14. The summed E-state index contributed by atoms with van der Waals surface area (Å²) in [6, 6.07) is 0. The van der Waals surface area contributed by atoms with Crippen molar-refractivity contribution in [2.45, 2.75) is 66.4 Å². The molecule has 2 aliphatic rings. The normalized spacial score (nSPS) is 23.7. The Bertz CT molecular complexity index is 184. The van der Waals surface area contributed by atoms with Crippen molar-refractivity contribution in [2.75, 3.05) is 47.4 Å². The third-order valence-corrected chi connectivity index (χ3v) is 3.86. The summed E-state index contributed by atoms with van der Waals surface area (Å²) in [5.74, 6) is 0.939. The maximum absolute atomic E-state index is 5.21. The topological polar surface area (TPSA) is 15.7 Å². The molecule has 2 heterocycles. The Labute approximate surface area is 135 Å². The van der Waals surface area contributed by atoms with Gasteiger partial charge in [-0.15, -0.1) is 0 Å². The molecule has 2 saturated heterocycles. The van der Waals surface area contributed by atoms with E-state index in [2.05, 4.69) is 30.8 Å². The Morgan fingerprint density at radius 1 is 0.810 bits per heavy atom. The number of nitrogens with zero attached hydrogens (tertiary/aromatic N) is 2. The zero-order valence-corrected chi connectivity index (χ0v) is 16.1. The molecule has 0 spiro atoms. The lowest BCUT2D eigenvalue weighted by Crippen LogP contribution is -2.33. The van der Waals surface area contributed by atoms with Crippen molar-refractivity contribution in [1.82, 2.24) is 9.80 Å².